The molecule has 5 heteroatoms. The fraction of sp³-hybridized carbons (Fsp3) is 0.727. The van der Waals surface area contributed by atoms with E-state index in [1.165, 1.54) is 10.2 Å². The van der Waals surface area contributed by atoms with E-state index in [0.717, 1.165) is 45.0 Å². The highest BCUT2D eigenvalue weighted by Crippen LogP contribution is 2.22. The Labute approximate surface area is 105 Å². The van der Waals surface area contributed by atoms with Gasteiger partial charge in [-0.15, -0.1) is 0 Å². The summed E-state index contributed by atoms with van der Waals surface area (Å²) in [5.74, 6) is 0. The Kier molecular flexibility index (Phi) is 4.00. The Bertz CT molecular complexity index is 355. The molecule has 0 radical (unpaired) electrons. The van der Waals surface area contributed by atoms with Crippen LogP contribution in [0.4, 0.5) is 0 Å². The molecule has 0 aliphatic carbocycles. The van der Waals surface area contributed by atoms with E-state index in [9.17, 15) is 0 Å². The Hall–Kier alpha value is -0.390. The predicted octanol–water partition coefficient (Wildman–Crippen LogP) is 1.38. The summed E-state index contributed by atoms with van der Waals surface area (Å²) in [5, 5.41) is 7.89. The summed E-state index contributed by atoms with van der Waals surface area (Å²) in [6.45, 7) is 10.6. The van der Waals surface area contributed by atoms with E-state index in [0.29, 0.717) is 0 Å². The number of aryl methyl sites for hydroxylation is 2. The van der Waals surface area contributed by atoms with Crippen molar-refractivity contribution in [2.75, 3.05) is 26.2 Å². The number of aromatic nitrogens is 2. The highest BCUT2D eigenvalue weighted by molar-refractivity contribution is 9.10. The first-order chi connectivity index (χ1) is 7.72. The zero-order valence-corrected chi connectivity index (χ0v) is 11.5. The van der Waals surface area contributed by atoms with Gasteiger partial charge >= 0.3 is 0 Å². The lowest BCUT2D eigenvalue weighted by molar-refractivity contribution is 0.226. The lowest BCUT2D eigenvalue weighted by Crippen LogP contribution is -2.43. The van der Waals surface area contributed by atoms with Crippen molar-refractivity contribution in [3.05, 3.63) is 15.9 Å². The average molecular weight is 287 g/mol. The van der Waals surface area contributed by atoms with Crippen LogP contribution in [0.2, 0.25) is 0 Å². The molecule has 1 aliphatic heterocycles. The topological polar surface area (TPSA) is 33.1 Å². The van der Waals surface area contributed by atoms with Crippen molar-refractivity contribution in [2.45, 2.75) is 26.9 Å². The van der Waals surface area contributed by atoms with Gasteiger partial charge in [0.1, 0.15) is 0 Å². The molecule has 1 fully saturated rings. The lowest BCUT2D eigenvalue weighted by atomic mass is 10.3. The summed E-state index contributed by atoms with van der Waals surface area (Å²) in [6, 6.07) is 0. The molecule has 1 aliphatic rings. The molecule has 0 saturated carbocycles. The Balaban J connectivity index is 2.12. The second-order valence-electron chi connectivity index (χ2n) is 4.19. The third-order valence-electron chi connectivity index (χ3n) is 3.04. The van der Waals surface area contributed by atoms with E-state index in [2.05, 4.69) is 49.8 Å². The number of halogens is 1. The van der Waals surface area contributed by atoms with Gasteiger partial charge in [-0.2, -0.15) is 5.10 Å². The van der Waals surface area contributed by atoms with Gasteiger partial charge in [0.05, 0.1) is 15.9 Å². The van der Waals surface area contributed by atoms with Gasteiger partial charge in [0.2, 0.25) is 0 Å². The van der Waals surface area contributed by atoms with Crippen molar-refractivity contribution < 1.29 is 0 Å². The van der Waals surface area contributed by atoms with Crippen LogP contribution in [-0.4, -0.2) is 40.9 Å². The molecule has 0 unspecified atom stereocenters. The molecule has 0 bridgehead atoms. The SMILES string of the molecule is CCn1nc(C)c(Br)c1CN1CCNCC1. The van der Waals surface area contributed by atoms with Gasteiger partial charge in [-0.1, -0.05) is 0 Å². The highest BCUT2D eigenvalue weighted by atomic mass is 79.9. The van der Waals surface area contributed by atoms with Crippen LogP contribution >= 0.6 is 15.9 Å². The minimum atomic E-state index is 0.938. The summed E-state index contributed by atoms with van der Waals surface area (Å²) >= 11 is 3.64. The molecule has 1 aromatic rings. The van der Waals surface area contributed by atoms with Crippen LogP contribution in [0.3, 0.4) is 0 Å². The van der Waals surface area contributed by atoms with E-state index in [4.69, 9.17) is 0 Å². The third kappa shape index (κ3) is 2.47. The van der Waals surface area contributed by atoms with Crippen molar-refractivity contribution in [2.24, 2.45) is 0 Å². The Morgan fingerprint density at radius 3 is 2.69 bits per heavy atom. The standard InChI is InChI=1S/C11H19BrN4/c1-3-16-10(11(12)9(2)14-16)8-15-6-4-13-5-7-15/h13H,3-8H2,1-2H3. The first-order valence-electron chi connectivity index (χ1n) is 5.87. The monoisotopic (exact) mass is 286 g/mol. The minimum Gasteiger partial charge on any atom is -0.314 e. The molecule has 0 amide bonds. The minimum absolute atomic E-state index is 0.938. The molecule has 90 valence electrons. The van der Waals surface area contributed by atoms with E-state index < -0.39 is 0 Å². The maximum absolute atomic E-state index is 4.52. The van der Waals surface area contributed by atoms with Crippen LogP contribution in [0.1, 0.15) is 18.3 Å². The fourth-order valence-corrected chi connectivity index (χ4v) is 2.51. The van der Waals surface area contributed by atoms with Crippen molar-refractivity contribution >= 4 is 15.9 Å². The Morgan fingerprint density at radius 2 is 2.06 bits per heavy atom. The van der Waals surface area contributed by atoms with E-state index in [1.54, 1.807) is 0 Å². The van der Waals surface area contributed by atoms with E-state index in [1.807, 2.05) is 0 Å². The maximum Gasteiger partial charge on any atom is 0.0739 e. The molecule has 2 rings (SSSR count). The zero-order valence-electron chi connectivity index (χ0n) is 9.96. The van der Waals surface area contributed by atoms with E-state index >= 15 is 0 Å². The molecule has 0 atom stereocenters. The van der Waals surface area contributed by atoms with Crippen LogP contribution in [0.25, 0.3) is 0 Å². The van der Waals surface area contributed by atoms with Crippen LogP contribution in [-0.2, 0) is 13.1 Å². The van der Waals surface area contributed by atoms with Gasteiger partial charge in [0, 0.05) is 39.3 Å². The molecule has 1 saturated heterocycles. The van der Waals surface area contributed by atoms with Gasteiger partial charge in [-0.05, 0) is 29.8 Å². The smallest absolute Gasteiger partial charge is 0.0739 e. The molecule has 1 N–H and O–H groups in total. The second-order valence-corrected chi connectivity index (χ2v) is 4.98. The molecule has 4 nitrogen and oxygen atoms in total. The normalized spacial score (nSPS) is 17.9. The molecule has 2 heterocycles. The van der Waals surface area contributed by atoms with Crippen molar-refractivity contribution in [1.82, 2.24) is 20.0 Å². The molecular weight excluding hydrogens is 268 g/mol. The van der Waals surface area contributed by atoms with Gasteiger partial charge in [-0.25, -0.2) is 0 Å². The summed E-state index contributed by atoms with van der Waals surface area (Å²) in [5.41, 5.74) is 2.40. The number of piperazine rings is 1. The van der Waals surface area contributed by atoms with Gasteiger partial charge < -0.3 is 5.32 Å². The van der Waals surface area contributed by atoms with Crippen LogP contribution in [0, 0.1) is 6.92 Å². The molecule has 16 heavy (non-hydrogen) atoms. The quantitative estimate of drug-likeness (QED) is 0.911. The van der Waals surface area contributed by atoms with Crippen LogP contribution in [0.5, 0.6) is 0 Å². The summed E-state index contributed by atoms with van der Waals surface area (Å²) in [6.07, 6.45) is 0. The maximum atomic E-state index is 4.52. The largest absolute Gasteiger partial charge is 0.314 e. The first-order valence-corrected chi connectivity index (χ1v) is 6.66. The zero-order chi connectivity index (χ0) is 11.5. The molecule has 0 aromatic carbocycles. The number of hydrogen-bond donors (Lipinski definition) is 1. The fourth-order valence-electron chi connectivity index (χ4n) is 2.10. The summed E-state index contributed by atoms with van der Waals surface area (Å²) in [7, 11) is 0. The van der Waals surface area contributed by atoms with Crippen molar-refractivity contribution in [3.8, 4) is 0 Å². The van der Waals surface area contributed by atoms with Crippen molar-refractivity contribution in [1.29, 1.82) is 0 Å². The number of nitrogens with one attached hydrogen (secondary N) is 1. The van der Waals surface area contributed by atoms with E-state index in [-0.39, 0.29) is 0 Å². The van der Waals surface area contributed by atoms with Crippen LogP contribution in [0.15, 0.2) is 4.47 Å². The summed E-state index contributed by atoms with van der Waals surface area (Å²) in [4.78, 5) is 2.48. The summed E-state index contributed by atoms with van der Waals surface area (Å²) < 4.78 is 3.27. The first kappa shape index (κ1) is 12.1. The van der Waals surface area contributed by atoms with Gasteiger partial charge in [0.15, 0.2) is 0 Å². The number of hydrogen-bond acceptors (Lipinski definition) is 3. The highest BCUT2D eigenvalue weighted by Gasteiger charge is 2.16. The van der Waals surface area contributed by atoms with Gasteiger partial charge in [-0.3, -0.25) is 9.58 Å². The number of nitrogens with zero attached hydrogens (tertiary/aromatic N) is 3. The molecular formula is C11H19BrN4. The number of rotatable bonds is 3. The Morgan fingerprint density at radius 1 is 1.38 bits per heavy atom. The molecule has 0 spiro atoms. The molecule has 1 aromatic heterocycles. The predicted molar refractivity (Wildman–Crippen MR) is 68.5 cm³/mol. The van der Waals surface area contributed by atoms with Crippen molar-refractivity contribution in [3.63, 3.8) is 0 Å². The van der Waals surface area contributed by atoms with Gasteiger partial charge in [0.25, 0.3) is 0 Å². The average Bonchev–Trinajstić information content (AvgIpc) is 2.58. The third-order valence-corrected chi connectivity index (χ3v) is 4.07. The van der Waals surface area contributed by atoms with Crippen LogP contribution < -0.4 is 5.32 Å². The second kappa shape index (κ2) is 5.29. The lowest BCUT2D eigenvalue weighted by Gasteiger charge is -2.27.